The molecule has 1 aliphatic heterocycles. The number of furan rings is 1. The molecule has 1 fully saturated rings. The van der Waals surface area contributed by atoms with Crippen molar-refractivity contribution >= 4 is 28.6 Å². The number of carbonyl (C=O) groups is 1. The summed E-state index contributed by atoms with van der Waals surface area (Å²) >= 11 is 5.94. The van der Waals surface area contributed by atoms with Crippen molar-refractivity contribution in [2.24, 2.45) is 0 Å². The van der Waals surface area contributed by atoms with Gasteiger partial charge in [-0.05, 0) is 29.8 Å². The summed E-state index contributed by atoms with van der Waals surface area (Å²) in [7, 11) is 0. The standard InChI is InChI=1S/C21H21ClN2O3/c22-17-7-5-15(6-8-17)20-14-24(11-12-26-20)21(25)23-10-9-18-13-16-3-1-2-4-19(16)27-18/h1-8,13,20H,9-12,14H2,(H,23,25). The van der Waals surface area contributed by atoms with E-state index in [2.05, 4.69) is 5.32 Å². The highest BCUT2D eigenvalue weighted by Crippen LogP contribution is 2.24. The Kier molecular flexibility index (Phi) is 5.32. The first-order chi connectivity index (χ1) is 13.2. The molecule has 6 heteroatoms. The van der Waals surface area contributed by atoms with Crippen LogP contribution in [0.15, 0.2) is 59.0 Å². The van der Waals surface area contributed by atoms with Crippen LogP contribution in [-0.4, -0.2) is 37.2 Å². The van der Waals surface area contributed by atoms with Gasteiger partial charge in [-0.1, -0.05) is 41.9 Å². The van der Waals surface area contributed by atoms with E-state index in [0.717, 1.165) is 22.3 Å². The van der Waals surface area contributed by atoms with Gasteiger partial charge in [0.25, 0.3) is 0 Å². The van der Waals surface area contributed by atoms with Gasteiger partial charge in [0.1, 0.15) is 17.4 Å². The molecule has 2 aromatic carbocycles. The number of para-hydroxylation sites is 1. The molecule has 0 saturated carbocycles. The Labute approximate surface area is 162 Å². The smallest absolute Gasteiger partial charge is 0.317 e. The number of nitrogens with one attached hydrogen (secondary N) is 1. The van der Waals surface area contributed by atoms with Crippen molar-refractivity contribution < 1.29 is 13.9 Å². The topological polar surface area (TPSA) is 54.7 Å². The van der Waals surface area contributed by atoms with E-state index < -0.39 is 0 Å². The van der Waals surface area contributed by atoms with Crippen molar-refractivity contribution in [2.75, 3.05) is 26.2 Å². The number of hydrogen-bond donors (Lipinski definition) is 1. The predicted octanol–water partition coefficient (Wildman–Crippen LogP) is 4.41. The molecule has 3 aromatic rings. The van der Waals surface area contributed by atoms with Crippen LogP contribution in [0.1, 0.15) is 17.4 Å². The SMILES string of the molecule is O=C(NCCc1cc2ccccc2o1)N1CCOC(c2ccc(Cl)cc2)C1. The number of fused-ring (bicyclic) bond motifs is 1. The van der Waals surface area contributed by atoms with Gasteiger partial charge in [-0.2, -0.15) is 0 Å². The average Bonchev–Trinajstić information content (AvgIpc) is 3.11. The number of hydrogen-bond acceptors (Lipinski definition) is 3. The zero-order chi connectivity index (χ0) is 18.6. The molecule has 1 saturated heterocycles. The van der Waals surface area contributed by atoms with E-state index in [1.54, 1.807) is 4.90 Å². The van der Waals surface area contributed by atoms with Gasteiger partial charge >= 0.3 is 6.03 Å². The van der Waals surface area contributed by atoms with Crippen LogP contribution in [0.4, 0.5) is 4.79 Å². The lowest BCUT2D eigenvalue weighted by Gasteiger charge is -2.33. The van der Waals surface area contributed by atoms with Crippen LogP contribution in [0.3, 0.4) is 0 Å². The first-order valence-electron chi connectivity index (χ1n) is 9.06. The van der Waals surface area contributed by atoms with E-state index in [1.807, 2.05) is 54.6 Å². The molecule has 1 atom stereocenters. The maximum Gasteiger partial charge on any atom is 0.317 e. The van der Waals surface area contributed by atoms with Crippen LogP contribution in [0, 0.1) is 0 Å². The van der Waals surface area contributed by atoms with E-state index in [1.165, 1.54) is 0 Å². The molecular formula is C21H21ClN2O3. The third kappa shape index (κ3) is 4.26. The summed E-state index contributed by atoms with van der Waals surface area (Å²) in [5, 5.41) is 4.75. The number of urea groups is 1. The van der Waals surface area contributed by atoms with Gasteiger partial charge in [0.05, 0.1) is 13.2 Å². The van der Waals surface area contributed by atoms with Crippen molar-refractivity contribution in [1.82, 2.24) is 10.2 Å². The van der Waals surface area contributed by atoms with Crippen molar-refractivity contribution in [3.8, 4) is 0 Å². The van der Waals surface area contributed by atoms with Gasteiger partial charge in [-0.15, -0.1) is 0 Å². The molecule has 0 aliphatic carbocycles. The van der Waals surface area contributed by atoms with Crippen molar-refractivity contribution in [2.45, 2.75) is 12.5 Å². The lowest BCUT2D eigenvalue weighted by Crippen LogP contribution is -2.47. The van der Waals surface area contributed by atoms with E-state index in [9.17, 15) is 4.79 Å². The quantitative estimate of drug-likeness (QED) is 0.724. The average molecular weight is 385 g/mol. The molecule has 0 radical (unpaired) electrons. The minimum atomic E-state index is -0.128. The van der Waals surface area contributed by atoms with Crippen molar-refractivity contribution in [1.29, 1.82) is 0 Å². The Hall–Kier alpha value is -2.50. The molecule has 1 aromatic heterocycles. The molecule has 1 aliphatic rings. The van der Waals surface area contributed by atoms with Crippen LogP contribution in [0.25, 0.3) is 11.0 Å². The van der Waals surface area contributed by atoms with Gasteiger partial charge < -0.3 is 19.4 Å². The molecule has 5 nitrogen and oxygen atoms in total. The Morgan fingerprint density at radius 3 is 2.81 bits per heavy atom. The van der Waals surface area contributed by atoms with Gasteiger partial charge in [0.2, 0.25) is 0 Å². The number of ether oxygens (including phenoxy) is 1. The normalized spacial score (nSPS) is 17.2. The molecule has 140 valence electrons. The molecule has 1 unspecified atom stereocenters. The summed E-state index contributed by atoms with van der Waals surface area (Å²) in [6.45, 7) is 2.16. The van der Waals surface area contributed by atoms with Gasteiger partial charge in [0, 0.05) is 29.9 Å². The maximum absolute atomic E-state index is 12.5. The maximum atomic E-state index is 12.5. The Morgan fingerprint density at radius 1 is 1.19 bits per heavy atom. The van der Waals surface area contributed by atoms with Crippen LogP contribution >= 0.6 is 11.6 Å². The molecule has 2 amide bonds. The summed E-state index contributed by atoms with van der Waals surface area (Å²) in [6.07, 6.45) is 0.530. The zero-order valence-corrected chi connectivity index (χ0v) is 15.6. The number of morpholine rings is 1. The minimum Gasteiger partial charge on any atom is -0.461 e. The van der Waals surface area contributed by atoms with E-state index >= 15 is 0 Å². The summed E-state index contributed by atoms with van der Waals surface area (Å²) in [6, 6.07) is 17.4. The fourth-order valence-electron chi connectivity index (χ4n) is 3.28. The van der Waals surface area contributed by atoms with E-state index in [-0.39, 0.29) is 12.1 Å². The van der Waals surface area contributed by atoms with Crippen molar-refractivity contribution in [3.05, 3.63) is 70.9 Å². The van der Waals surface area contributed by atoms with Crippen LogP contribution in [0.2, 0.25) is 5.02 Å². The molecule has 4 rings (SSSR count). The third-order valence-electron chi connectivity index (χ3n) is 4.72. The summed E-state index contributed by atoms with van der Waals surface area (Å²) in [4.78, 5) is 14.3. The zero-order valence-electron chi connectivity index (χ0n) is 14.9. The number of nitrogens with zero attached hydrogens (tertiary/aromatic N) is 1. The number of rotatable bonds is 4. The lowest BCUT2D eigenvalue weighted by atomic mass is 10.1. The molecule has 2 heterocycles. The van der Waals surface area contributed by atoms with Crippen molar-refractivity contribution in [3.63, 3.8) is 0 Å². The summed E-state index contributed by atoms with van der Waals surface area (Å²) in [5.41, 5.74) is 1.90. The second kappa shape index (κ2) is 8.03. The largest absolute Gasteiger partial charge is 0.461 e. The number of halogens is 1. The lowest BCUT2D eigenvalue weighted by molar-refractivity contribution is -0.0154. The number of benzene rings is 2. The van der Waals surface area contributed by atoms with Gasteiger partial charge in [-0.3, -0.25) is 0 Å². The van der Waals surface area contributed by atoms with Gasteiger partial charge in [-0.25, -0.2) is 4.79 Å². The third-order valence-corrected chi connectivity index (χ3v) is 4.97. The highest BCUT2D eigenvalue weighted by molar-refractivity contribution is 6.30. The van der Waals surface area contributed by atoms with Crippen LogP contribution in [-0.2, 0) is 11.2 Å². The Morgan fingerprint density at radius 2 is 2.00 bits per heavy atom. The van der Waals surface area contributed by atoms with Gasteiger partial charge in [0.15, 0.2) is 0 Å². The highest BCUT2D eigenvalue weighted by atomic mass is 35.5. The van der Waals surface area contributed by atoms with Crippen LogP contribution in [0.5, 0.6) is 0 Å². The molecule has 1 N–H and O–H groups in total. The highest BCUT2D eigenvalue weighted by Gasteiger charge is 2.25. The molecule has 0 spiro atoms. The predicted molar refractivity (Wildman–Crippen MR) is 105 cm³/mol. The molecule has 27 heavy (non-hydrogen) atoms. The Bertz CT molecular complexity index is 890. The fourth-order valence-corrected chi connectivity index (χ4v) is 3.40. The molecule has 0 bridgehead atoms. The molecular weight excluding hydrogens is 364 g/mol. The summed E-state index contributed by atoms with van der Waals surface area (Å²) in [5.74, 6) is 0.873. The second-order valence-corrected chi connectivity index (χ2v) is 7.03. The minimum absolute atomic E-state index is 0.0756. The monoisotopic (exact) mass is 384 g/mol. The Balaban J connectivity index is 1.30. The summed E-state index contributed by atoms with van der Waals surface area (Å²) < 4.78 is 11.6. The first-order valence-corrected chi connectivity index (χ1v) is 9.44. The van der Waals surface area contributed by atoms with Crippen LogP contribution < -0.4 is 5.32 Å². The van der Waals surface area contributed by atoms with E-state index in [0.29, 0.717) is 37.7 Å². The first kappa shape index (κ1) is 17.9. The van der Waals surface area contributed by atoms with E-state index in [4.69, 9.17) is 20.8 Å². The number of amides is 2. The second-order valence-electron chi connectivity index (χ2n) is 6.59. The number of carbonyl (C=O) groups excluding carboxylic acids is 1. The fraction of sp³-hybridized carbons (Fsp3) is 0.286.